The van der Waals surface area contributed by atoms with Crippen LogP contribution in [0.15, 0.2) is 53.8 Å². The van der Waals surface area contributed by atoms with Gasteiger partial charge in [-0.05, 0) is 75.0 Å². The molecule has 2 fully saturated rings. The number of aryl methyl sites for hydroxylation is 2. The second-order valence-corrected chi connectivity index (χ2v) is 16.6. The molecule has 3 aliphatic heterocycles. The summed E-state index contributed by atoms with van der Waals surface area (Å²) in [4.78, 5) is 74.3. The molecule has 0 saturated carbocycles. The second kappa shape index (κ2) is 18.9. The molecule has 0 bridgehead atoms. The normalized spacial score (nSPS) is 18.1. The molecule has 4 aromatic rings. The monoisotopic (exact) mass is 821 g/mol. The van der Waals surface area contributed by atoms with E-state index < -0.39 is 24.3 Å². The van der Waals surface area contributed by atoms with Gasteiger partial charge in [-0.1, -0.05) is 69.7 Å². The second-order valence-electron chi connectivity index (χ2n) is 16.6. The van der Waals surface area contributed by atoms with Crippen LogP contribution in [0, 0.1) is 25.7 Å². The first kappa shape index (κ1) is 43.6. The third-order valence-corrected chi connectivity index (χ3v) is 11.6. The molecule has 0 unspecified atom stereocenters. The van der Waals surface area contributed by atoms with E-state index in [1.807, 2.05) is 49.9 Å². The maximum absolute atomic E-state index is 13.3. The Labute approximate surface area is 352 Å². The van der Waals surface area contributed by atoms with E-state index in [2.05, 4.69) is 92.5 Å². The topological polar surface area (TPSA) is 187 Å². The fraction of sp³-hybridized carbons (Fsp3) is 0.489. The van der Waals surface area contributed by atoms with Gasteiger partial charge in [-0.15, -0.1) is 0 Å². The molecule has 2 aromatic heterocycles. The molecule has 0 aliphatic carbocycles. The average molecular weight is 822 g/mol. The smallest absolute Gasteiger partial charge is 0.407 e. The van der Waals surface area contributed by atoms with Crippen LogP contribution in [0.1, 0.15) is 101 Å². The summed E-state index contributed by atoms with van der Waals surface area (Å²) in [6.07, 6.45) is 6.79. The van der Waals surface area contributed by atoms with Crippen LogP contribution in [0.2, 0.25) is 0 Å². The lowest BCUT2D eigenvalue weighted by molar-refractivity contribution is -0.136. The Morgan fingerprint density at radius 2 is 1.22 bits per heavy atom. The third kappa shape index (κ3) is 9.55. The van der Waals surface area contributed by atoms with Crippen molar-refractivity contribution in [1.82, 2.24) is 40.4 Å². The van der Waals surface area contributed by atoms with Gasteiger partial charge in [0, 0.05) is 30.8 Å². The van der Waals surface area contributed by atoms with Crippen LogP contribution < -0.4 is 10.6 Å². The van der Waals surface area contributed by atoms with E-state index in [-0.39, 0.29) is 35.7 Å². The number of carbonyl (C=O) groups excluding carboxylic acids is 4. The van der Waals surface area contributed by atoms with Gasteiger partial charge in [0.05, 0.1) is 55.8 Å². The van der Waals surface area contributed by atoms with E-state index in [0.717, 1.165) is 77.7 Å². The highest BCUT2D eigenvalue weighted by Gasteiger charge is 2.39. The summed E-state index contributed by atoms with van der Waals surface area (Å²) in [6.45, 7) is 15.1. The van der Waals surface area contributed by atoms with Crippen LogP contribution in [0.5, 0.6) is 0 Å². The summed E-state index contributed by atoms with van der Waals surface area (Å²) in [5.41, 5.74) is 9.77. The first-order chi connectivity index (χ1) is 28.7. The average Bonchev–Trinajstić information content (AvgIpc) is 4.08. The molecule has 4 atom stereocenters. The minimum atomic E-state index is -0.643. The fourth-order valence-corrected chi connectivity index (χ4v) is 8.21. The number of nitrogens with one attached hydrogen (secondary N) is 4. The Morgan fingerprint density at radius 3 is 1.72 bits per heavy atom. The molecule has 2 saturated heterocycles. The van der Waals surface area contributed by atoms with Crippen molar-refractivity contribution >= 4 is 35.4 Å². The number of rotatable bonds is 10. The number of nitrogens with zero attached hydrogens (tertiary/aromatic N) is 5. The minimum absolute atomic E-state index is 0.0485. The summed E-state index contributed by atoms with van der Waals surface area (Å²) in [5.74, 6) is 1.22. The number of aromatic nitrogens is 4. The highest BCUT2D eigenvalue weighted by Crippen LogP contribution is 2.40. The number of methoxy groups -OCH3 is 2. The summed E-state index contributed by atoms with van der Waals surface area (Å²) < 4.78 is 9.39. The molecular weight excluding hydrogens is 763 g/mol. The molecule has 2 aromatic carbocycles. The number of aliphatic imine (C=N–C) groups is 1. The molecule has 0 spiro atoms. The van der Waals surface area contributed by atoms with E-state index in [1.165, 1.54) is 30.9 Å². The van der Waals surface area contributed by atoms with Crippen molar-refractivity contribution in [3.63, 3.8) is 0 Å². The number of hydrogen-bond donors (Lipinski definition) is 4. The lowest BCUT2D eigenvalue weighted by atomic mass is 9.99. The highest BCUT2D eigenvalue weighted by molar-refractivity contribution is 5.96. The first-order valence-electron chi connectivity index (χ1n) is 20.8. The van der Waals surface area contributed by atoms with Crippen LogP contribution in [0.4, 0.5) is 15.3 Å². The number of carbonyl (C=O) groups is 4. The molecule has 4 amide bonds. The van der Waals surface area contributed by atoms with Gasteiger partial charge in [0.25, 0.3) is 0 Å². The molecule has 3 aliphatic rings. The van der Waals surface area contributed by atoms with E-state index >= 15 is 0 Å². The maximum atomic E-state index is 13.3. The first-order valence-corrected chi connectivity index (χ1v) is 20.8. The van der Waals surface area contributed by atoms with Gasteiger partial charge in [-0.3, -0.25) is 14.6 Å². The number of aromatic amines is 2. The largest absolute Gasteiger partial charge is 0.453 e. The van der Waals surface area contributed by atoms with Crippen LogP contribution in [0.3, 0.4) is 0 Å². The number of benzene rings is 2. The molecule has 5 heterocycles. The molecule has 0 radical (unpaired) electrons. The van der Waals surface area contributed by atoms with Crippen molar-refractivity contribution in [2.45, 2.75) is 105 Å². The molecule has 320 valence electrons. The number of ether oxygens (including phenoxy) is 2. The molecule has 7 rings (SSSR count). The zero-order chi connectivity index (χ0) is 43.2. The predicted molar refractivity (Wildman–Crippen MR) is 230 cm³/mol. The summed E-state index contributed by atoms with van der Waals surface area (Å²) in [5, 5.41) is 5.35. The Morgan fingerprint density at radius 1 is 0.717 bits per heavy atom. The summed E-state index contributed by atoms with van der Waals surface area (Å²) in [7, 11) is 2.60. The summed E-state index contributed by atoms with van der Waals surface area (Å²) in [6, 6.07) is 10.9. The number of alkyl carbamates (subject to hydrolysis) is 2. The van der Waals surface area contributed by atoms with E-state index in [9.17, 15) is 19.2 Å². The zero-order valence-corrected chi connectivity index (χ0v) is 36.2. The number of amides is 4. The van der Waals surface area contributed by atoms with Crippen molar-refractivity contribution in [3.05, 3.63) is 77.1 Å². The van der Waals surface area contributed by atoms with Gasteiger partial charge in [0.15, 0.2) is 0 Å². The lowest BCUT2D eigenvalue weighted by Crippen LogP contribution is -2.51. The number of H-pyrrole nitrogens is 2. The molecule has 60 heavy (non-hydrogen) atoms. The summed E-state index contributed by atoms with van der Waals surface area (Å²) >= 11 is 0. The fourth-order valence-electron chi connectivity index (χ4n) is 8.21. The SMILES string of the molecule is COC(=O)N[C@H](C(=O)N1CCC[C@H]1c1ncc(-c2ccc(C)c3c2N=C(C)C3)[nH]1)C(C)C.COC(=O)N[C@H](C(=O)N1CCC[C@H]1c1ncc(-c2ccc(C)cc2)[nH]1)C(C)C. The number of imidazole rings is 2. The van der Waals surface area contributed by atoms with Crippen molar-refractivity contribution < 1.29 is 28.7 Å². The van der Waals surface area contributed by atoms with Gasteiger partial charge in [-0.2, -0.15) is 0 Å². The third-order valence-electron chi connectivity index (χ3n) is 11.6. The minimum Gasteiger partial charge on any atom is -0.453 e. The zero-order valence-electron chi connectivity index (χ0n) is 36.2. The van der Waals surface area contributed by atoms with E-state index in [1.54, 1.807) is 0 Å². The predicted octanol–water partition coefficient (Wildman–Crippen LogP) is 7.51. The highest BCUT2D eigenvalue weighted by atomic mass is 16.5. The Kier molecular flexibility index (Phi) is 13.8. The molecule has 15 heteroatoms. The molecular formula is C45H59N9O6. The Balaban J connectivity index is 0.000000203. The van der Waals surface area contributed by atoms with Gasteiger partial charge < -0.3 is 39.9 Å². The maximum Gasteiger partial charge on any atom is 0.407 e. The molecule has 15 nitrogen and oxygen atoms in total. The van der Waals surface area contributed by atoms with Crippen molar-refractivity contribution in [2.24, 2.45) is 16.8 Å². The number of hydrogen-bond acceptors (Lipinski definition) is 9. The standard InChI is InChI=1S/C24H31N5O3.C21H28N4O3/c1-13(2)20(28-24(31)32-5)23(30)29-10-6-7-19(29)22-25-12-18(27-22)16-9-8-14(3)17-11-15(4)26-21(16)17;1-13(2)18(24-21(27)28-4)20(26)25-11-5-6-17(25)19-22-12-16(23-19)15-9-7-14(3)8-10-15/h8-9,12-13,19-20H,6-7,10-11H2,1-5H3,(H,25,27)(H,28,31);7-10,12-13,17-18H,5-6,11H2,1-4H3,(H,22,23)(H,24,27)/t19-,20-;17-,18-/m00/s1. The van der Waals surface area contributed by atoms with Gasteiger partial charge in [-0.25, -0.2) is 19.6 Å². The van der Waals surface area contributed by atoms with Crippen molar-refractivity contribution in [3.8, 4) is 22.5 Å². The van der Waals surface area contributed by atoms with Gasteiger partial charge >= 0.3 is 12.2 Å². The molecule has 4 N–H and O–H groups in total. The quantitative estimate of drug-likeness (QED) is 0.127. The van der Waals surface area contributed by atoms with E-state index in [4.69, 9.17) is 9.73 Å². The number of likely N-dealkylation sites (tertiary alicyclic amines) is 2. The van der Waals surface area contributed by atoms with Crippen molar-refractivity contribution in [1.29, 1.82) is 0 Å². The van der Waals surface area contributed by atoms with Crippen LogP contribution >= 0.6 is 0 Å². The Bertz CT molecular complexity index is 2210. The van der Waals surface area contributed by atoms with Crippen LogP contribution in [0.25, 0.3) is 22.5 Å². The number of fused-ring (bicyclic) bond motifs is 1. The van der Waals surface area contributed by atoms with Crippen LogP contribution in [-0.2, 0) is 25.5 Å². The Hall–Kier alpha value is -5.99. The van der Waals surface area contributed by atoms with Gasteiger partial charge in [0.2, 0.25) is 11.8 Å². The lowest BCUT2D eigenvalue weighted by Gasteiger charge is -2.30. The van der Waals surface area contributed by atoms with Crippen LogP contribution in [-0.4, -0.2) is 98.8 Å². The van der Waals surface area contributed by atoms with Gasteiger partial charge in [0.1, 0.15) is 23.7 Å². The van der Waals surface area contributed by atoms with E-state index in [0.29, 0.717) is 13.1 Å². The van der Waals surface area contributed by atoms with Crippen molar-refractivity contribution in [2.75, 3.05) is 27.3 Å².